The number of fused-ring (bicyclic) bond motifs is 1. The number of nitrogens with zero attached hydrogens (tertiary/aromatic N) is 2. The maximum Gasteiger partial charge on any atom is 0.267 e. The molecule has 0 bridgehead atoms. The molecule has 3 heterocycles. The number of nitrogens with one attached hydrogen (secondary N) is 1. The predicted octanol–water partition coefficient (Wildman–Crippen LogP) is 3.87. The SMILES string of the molecule is C[C@@H]1Oc2ccc(-c3csc(NC(=O)c4cccs4)n3)cc2N(C)C1=O. The number of thiophene rings is 1. The van der Waals surface area contributed by atoms with Gasteiger partial charge in [-0.2, -0.15) is 0 Å². The van der Waals surface area contributed by atoms with Gasteiger partial charge in [-0.05, 0) is 36.6 Å². The van der Waals surface area contributed by atoms with Crippen LogP contribution in [0.2, 0.25) is 0 Å². The van der Waals surface area contributed by atoms with Gasteiger partial charge in [-0.3, -0.25) is 14.9 Å². The fourth-order valence-electron chi connectivity index (χ4n) is 2.70. The van der Waals surface area contributed by atoms with Crippen molar-refractivity contribution in [2.24, 2.45) is 0 Å². The van der Waals surface area contributed by atoms with Gasteiger partial charge in [0.1, 0.15) is 5.75 Å². The van der Waals surface area contributed by atoms with Gasteiger partial charge in [0.25, 0.3) is 11.8 Å². The van der Waals surface area contributed by atoms with Crippen molar-refractivity contribution in [1.29, 1.82) is 0 Å². The van der Waals surface area contributed by atoms with E-state index in [0.29, 0.717) is 21.4 Å². The summed E-state index contributed by atoms with van der Waals surface area (Å²) in [4.78, 5) is 31.0. The van der Waals surface area contributed by atoms with Crippen molar-refractivity contribution < 1.29 is 14.3 Å². The van der Waals surface area contributed by atoms with Crippen LogP contribution in [0.4, 0.5) is 10.8 Å². The van der Waals surface area contributed by atoms with Crippen LogP contribution >= 0.6 is 22.7 Å². The monoisotopic (exact) mass is 385 g/mol. The lowest BCUT2D eigenvalue weighted by atomic mass is 10.1. The molecule has 0 unspecified atom stereocenters. The van der Waals surface area contributed by atoms with Gasteiger partial charge in [0.15, 0.2) is 11.2 Å². The first-order valence-electron chi connectivity index (χ1n) is 7.92. The van der Waals surface area contributed by atoms with E-state index in [9.17, 15) is 9.59 Å². The number of anilines is 2. The number of thiazole rings is 1. The van der Waals surface area contributed by atoms with Crippen LogP contribution in [0, 0.1) is 0 Å². The van der Waals surface area contributed by atoms with E-state index >= 15 is 0 Å². The number of amides is 2. The Balaban J connectivity index is 1.58. The average Bonchev–Trinajstić information content (AvgIpc) is 3.31. The van der Waals surface area contributed by atoms with E-state index in [0.717, 1.165) is 11.3 Å². The lowest BCUT2D eigenvalue weighted by Gasteiger charge is -2.30. The minimum atomic E-state index is -0.489. The maximum absolute atomic E-state index is 12.1. The van der Waals surface area contributed by atoms with E-state index in [-0.39, 0.29) is 11.8 Å². The first-order valence-corrected chi connectivity index (χ1v) is 9.68. The quantitative estimate of drug-likeness (QED) is 0.743. The number of carbonyl (C=O) groups excluding carboxylic acids is 2. The normalized spacial score (nSPS) is 16.2. The number of hydrogen-bond acceptors (Lipinski definition) is 6. The molecule has 132 valence electrons. The van der Waals surface area contributed by atoms with Crippen molar-refractivity contribution >= 4 is 45.3 Å². The van der Waals surface area contributed by atoms with Gasteiger partial charge in [0, 0.05) is 18.0 Å². The van der Waals surface area contributed by atoms with Crippen molar-refractivity contribution in [2.75, 3.05) is 17.3 Å². The first-order chi connectivity index (χ1) is 12.5. The van der Waals surface area contributed by atoms with E-state index < -0.39 is 6.10 Å². The summed E-state index contributed by atoms with van der Waals surface area (Å²) >= 11 is 2.74. The Morgan fingerprint density at radius 2 is 2.15 bits per heavy atom. The van der Waals surface area contributed by atoms with Crippen LogP contribution in [0.1, 0.15) is 16.6 Å². The van der Waals surface area contributed by atoms with E-state index in [1.54, 1.807) is 24.9 Å². The highest BCUT2D eigenvalue weighted by Crippen LogP contribution is 2.37. The van der Waals surface area contributed by atoms with Crippen molar-refractivity contribution in [3.63, 3.8) is 0 Å². The molecular weight excluding hydrogens is 370 g/mol. The molecule has 0 radical (unpaired) electrons. The number of ether oxygens (including phenoxy) is 1. The molecule has 3 aromatic rings. The Morgan fingerprint density at radius 3 is 2.92 bits per heavy atom. The molecule has 0 saturated carbocycles. The highest BCUT2D eigenvalue weighted by atomic mass is 32.1. The number of benzene rings is 1. The van der Waals surface area contributed by atoms with E-state index in [4.69, 9.17) is 4.74 Å². The lowest BCUT2D eigenvalue weighted by molar-refractivity contribution is -0.125. The zero-order valence-electron chi connectivity index (χ0n) is 14.1. The van der Waals surface area contributed by atoms with Crippen LogP contribution in [0.15, 0.2) is 41.1 Å². The summed E-state index contributed by atoms with van der Waals surface area (Å²) in [7, 11) is 1.73. The van der Waals surface area contributed by atoms with Gasteiger partial charge in [-0.1, -0.05) is 6.07 Å². The smallest absolute Gasteiger partial charge is 0.267 e. The van der Waals surface area contributed by atoms with Crippen LogP contribution in [0.25, 0.3) is 11.3 Å². The number of aromatic nitrogens is 1. The molecule has 0 saturated heterocycles. The number of likely N-dealkylation sites (N-methyl/N-ethyl adjacent to an activating group) is 1. The zero-order chi connectivity index (χ0) is 18.3. The fraction of sp³-hybridized carbons (Fsp3) is 0.167. The largest absolute Gasteiger partial charge is 0.479 e. The second kappa shape index (κ2) is 6.54. The van der Waals surface area contributed by atoms with E-state index in [1.165, 1.54) is 22.7 Å². The first kappa shape index (κ1) is 16.7. The van der Waals surface area contributed by atoms with E-state index in [1.807, 2.05) is 35.0 Å². The topological polar surface area (TPSA) is 71.5 Å². The molecule has 1 atom stereocenters. The molecule has 4 rings (SSSR count). The Labute approximate surface area is 158 Å². The van der Waals surface area contributed by atoms with Gasteiger partial charge in [-0.25, -0.2) is 4.98 Å². The lowest BCUT2D eigenvalue weighted by Crippen LogP contribution is -2.41. The molecule has 0 aliphatic carbocycles. The van der Waals surface area contributed by atoms with Crippen molar-refractivity contribution in [1.82, 2.24) is 4.98 Å². The Morgan fingerprint density at radius 1 is 1.31 bits per heavy atom. The number of carbonyl (C=O) groups is 2. The molecule has 2 aromatic heterocycles. The molecule has 2 amide bonds. The minimum Gasteiger partial charge on any atom is -0.479 e. The highest BCUT2D eigenvalue weighted by molar-refractivity contribution is 7.14. The summed E-state index contributed by atoms with van der Waals surface area (Å²) in [6.45, 7) is 1.73. The standard InChI is InChI=1S/C18H15N3O3S2/c1-10-17(23)21(2)13-8-11(5-6-14(13)24-10)12-9-26-18(19-12)20-16(22)15-4-3-7-25-15/h3-10H,1-2H3,(H,19,20,22)/t10-/m0/s1. The molecule has 1 aromatic carbocycles. The van der Waals surface area contributed by atoms with Gasteiger partial charge in [0.05, 0.1) is 16.3 Å². The van der Waals surface area contributed by atoms with Crippen LogP contribution in [0.5, 0.6) is 5.75 Å². The number of rotatable bonds is 3. The Kier molecular flexibility index (Phi) is 4.21. The molecular formula is C18H15N3O3S2. The summed E-state index contributed by atoms with van der Waals surface area (Å²) in [6.07, 6.45) is -0.489. The molecule has 8 heteroatoms. The van der Waals surface area contributed by atoms with Crippen LogP contribution in [-0.2, 0) is 4.79 Å². The molecule has 1 N–H and O–H groups in total. The Bertz CT molecular complexity index is 981. The second-order valence-electron chi connectivity index (χ2n) is 5.81. The van der Waals surface area contributed by atoms with Gasteiger partial charge < -0.3 is 9.64 Å². The van der Waals surface area contributed by atoms with Gasteiger partial charge in [-0.15, -0.1) is 22.7 Å². The summed E-state index contributed by atoms with van der Waals surface area (Å²) in [5, 5.41) is 7.07. The third-order valence-electron chi connectivity index (χ3n) is 4.07. The summed E-state index contributed by atoms with van der Waals surface area (Å²) in [5.74, 6) is 0.417. The molecule has 6 nitrogen and oxygen atoms in total. The average molecular weight is 385 g/mol. The fourth-order valence-corrected chi connectivity index (χ4v) is 4.03. The molecule has 0 fully saturated rings. The number of hydrogen-bond donors (Lipinski definition) is 1. The van der Waals surface area contributed by atoms with Crippen molar-refractivity contribution in [3.8, 4) is 17.0 Å². The summed E-state index contributed by atoms with van der Waals surface area (Å²) in [6, 6.07) is 9.22. The summed E-state index contributed by atoms with van der Waals surface area (Å²) in [5.41, 5.74) is 2.30. The highest BCUT2D eigenvalue weighted by Gasteiger charge is 2.29. The zero-order valence-corrected chi connectivity index (χ0v) is 15.7. The molecule has 0 spiro atoms. The maximum atomic E-state index is 12.1. The van der Waals surface area contributed by atoms with Crippen LogP contribution in [-0.4, -0.2) is 29.9 Å². The third kappa shape index (κ3) is 2.97. The van der Waals surface area contributed by atoms with Crippen molar-refractivity contribution in [3.05, 3.63) is 46.0 Å². The molecule has 1 aliphatic heterocycles. The second-order valence-corrected chi connectivity index (χ2v) is 7.61. The molecule has 1 aliphatic rings. The predicted molar refractivity (Wildman–Crippen MR) is 103 cm³/mol. The Hall–Kier alpha value is -2.71. The van der Waals surface area contributed by atoms with Gasteiger partial charge >= 0.3 is 0 Å². The van der Waals surface area contributed by atoms with Crippen LogP contribution in [0.3, 0.4) is 0 Å². The third-order valence-corrected chi connectivity index (χ3v) is 5.69. The van der Waals surface area contributed by atoms with E-state index in [2.05, 4.69) is 10.3 Å². The van der Waals surface area contributed by atoms with Gasteiger partial charge in [0.2, 0.25) is 0 Å². The molecule has 26 heavy (non-hydrogen) atoms. The summed E-state index contributed by atoms with van der Waals surface area (Å²) < 4.78 is 5.64. The minimum absolute atomic E-state index is 0.0863. The van der Waals surface area contributed by atoms with Crippen molar-refractivity contribution in [2.45, 2.75) is 13.0 Å². The van der Waals surface area contributed by atoms with Crippen LogP contribution < -0.4 is 15.0 Å².